The van der Waals surface area contributed by atoms with E-state index in [0.29, 0.717) is 12.0 Å². The Morgan fingerprint density at radius 3 is 2.70 bits per heavy atom. The van der Waals surface area contributed by atoms with Crippen LogP contribution in [0, 0.1) is 5.92 Å². The highest BCUT2D eigenvalue weighted by atomic mass is 16.6. The summed E-state index contributed by atoms with van der Waals surface area (Å²) in [6, 6.07) is 0.342. The monoisotopic (exact) mass is 142 g/mol. The molecular formula is C7H14N2O. The Bertz CT molecular complexity index is 145. The minimum absolute atomic E-state index is 0.342. The second-order valence-corrected chi connectivity index (χ2v) is 2.62. The van der Waals surface area contributed by atoms with Gasteiger partial charge in [0.05, 0.1) is 5.71 Å². The number of rotatable bonds is 3. The maximum atomic E-state index is 5.64. The molecule has 1 aliphatic carbocycles. The van der Waals surface area contributed by atoms with Gasteiger partial charge in [-0.3, -0.25) is 0 Å². The zero-order valence-electron chi connectivity index (χ0n) is 6.50. The van der Waals surface area contributed by atoms with E-state index >= 15 is 0 Å². The molecule has 2 N–H and O–H groups in total. The van der Waals surface area contributed by atoms with Crippen LogP contribution in [0.15, 0.2) is 5.16 Å². The van der Waals surface area contributed by atoms with Gasteiger partial charge in [0.2, 0.25) is 0 Å². The SMILES string of the molecule is CC/C(=N\OC)C1CC1N. The molecule has 10 heavy (non-hydrogen) atoms. The molecule has 3 heteroatoms. The van der Waals surface area contributed by atoms with Gasteiger partial charge < -0.3 is 10.6 Å². The first-order chi connectivity index (χ1) is 4.79. The molecule has 2 atom stereocenters. The molecule has 1 aliphatic rings. The predicted molar refractivity (Wildman–Crippen MR) is 40.8 cm³/mol. The summed E-state index contributed by atoms with van der Waals surface area (Å²) >= 11 is 0. The molecule has 0 aromatic heterocycles. The van der Waals surface area contributed by atoms with Crippen molar-refractivity contribution in [2.75, 3.05) is 7.11 Å². The van der Waals surface area contributed by atoms with Crippen LogP contribution in [0.25, 0.3) is 0 Å². The molecule has 1 saturated carbocycles. The van der Waals surface area contributed by atoms with Crippen LogP contribution in [0.1, 0.15) is 19.8 Å². The Balaban J connectivity index is 2.42. The van der Waals surface area contributed by atoms with Gasteiger partial charge in [-0.1, -0.05) is 12.1 Å². The molecule has 0 radical (unpaired) electrons. The van der Waals surface area contributed by atoms with E-state index in [0.717, 1.165) is 18.6 Å². The largest absolute Gasteiger partial charge is 0.399 e. The maximum absolute atomic E-state index is 5.64. The second kappa shape index (κ2) is 3.01. The van der Waals surface area contributed by atoms with Crippen molar-refractivity contribution in [3.05, 3.63) is 0 Å². The highest BCUT2D eigenvalue weighted by Crippen LogP contribution is 2.30. The zero-order chi connectivity index (χ0) is 7.56. The molecular weight excluding hydrogens is 128 g/mol. The average Bonchev–Trinajstić information content (AvgIpc) is 2.62. The van der Waals surface area contributed by atoms with Gasteiger partial charge >= 0.3 is 0 Å². The van der Waals surface area contributed by atoms with Crippen LogP contribution in [0.5, 0.6) is 0 Å². The van der Waals surface area contributed by atoms with E-state index in [1.54, 1.807) is 7.11 Å². The average molecular weight is 142 g/mol. The minimum atomic E-state index is 0.342. The van der Waals surface area contributed by atoms with Crippen LogP contribution in [-0.4, -0.2) is 18.9 Å². The maximum Gasteiger partial charge on any atom is 0.106 e. The Morgan fingerprint density at radius 2 is 2.40 bits per heavy atom. The molecule has 58 valence electrons. The Morgan fingerprint density at radius 1 is 1.80 bits per heavy atom. The van der Waals surface area contributed by atoms with Gasteiger partial charge in [0.15, 0.2) is 0 Å². The van der Waals surface area contributed by atoms with E-state index in [4.69, 9.17) is 5.73 Å². The summed E-state index contributed by atoms with van der Waals surface area (Å²) in [6.07, 6.45) is 2.03. The standard InChI is InChI=1S/C7H14N2O/c1-3-7(9-10-2)5-4-6(5)8/h5-6H,3-4,8H2,1-2H3/b9-7+. The third-order valence-electron chi connectivity index (χ3n) is 1.84. The van der Waals surface area contributed by atoms with E-state index in [1.807, 2.05) is 0 Å². The van der Waals surface area contributed by atoms with Crippen molar-refractivity contribution in [2.24, 2.45) is 16.8 Å². The number of nitrogens with zero attached hydrogens (tertiary/aromatic N) is 1. The summed E-state index contributed by atoms with van der Waals surface area (Å²) in [6.45, 7) is 2.07. The van der Waals surface area contributed by atoms with Gasteiger partial charge in [-0.25, -0.2) is 0 Å². The fraction of sp³-hybridized carbons (Fsp3) is 0.857. The van der Waals surface area contributed by atoms with Crippen molar-refractivity contribution in [3.8, 4) is 0 Å². The van der Waals surface area contributed by atoms with E-state index in [9.17, 15) is 0 Å². The molecule has 2 unspecified atom stereocenters. The lowest BCUT2D eigenvalue weighted by atomic mass is 10.2. The molecule has 0 aromatic carbocycles. The van der Waals surface area contributed by atoms with E-state index < -0.39 is 0 Å². The lowest BCUT2D eigenvalue weighted by Gasteiger charge is -1.98. The first-order valence-corrected chi connectivity index (χ1v) is 3.65. The van der Waals surface area contributed by atoms with E-state index in [2.05, 4.69) is 16.9 Å². The molecule has 3 nitrogen and oxygen atoms in total. The summed E-state index contributed by atoms with van der Waals surface area (Å²) in [4.78, 5) is 4.68. The summed E-state index contributed by atoms with van der Waals surface area (Å²) in [5.74, 6) is 0.505. The fourth-order valence-corrected chi connectivity index (χ4v) is 1.11. The number of oxime groups is 1. The minimum Gasteiger partial charge on any atom is -0.399 e. The van der Waals surface area contributed by atoms with Crippen LogP contribution < -0.4 is 5.73 Å². The van der Waals surface area contributed by atoms with Crippen molar-refractivity contribution in [1.29, 1.82) is 0 Å². The van der Waals surface area contributed by atoms with E-state index in [-0.39, 0.29) is 0 Å². The summed E-state index contributed by atoms with van der Waals surface area (Å²) in [5.41, 5.74) is 6.74. The number of nitrogens with two attached hydrogens (primary N) is 1. The molecule has 0 aromatic rings. The third-order valence-corrected chi connectivity index (χ3v) is 1.84. The first kappa shape index (κ1) is 7.54. The van der Waals surface area contributed by atoms with Crippen molar-refractivity contribution in [2.45, 2.75) is 25.8 Å². The molecule has 0 bridgehead atoms. The summed E-state index contributed by atoms with van der Waals surface area (Å²) < 4.78 is 0. The molecule has 0 saturated heterocycles. The second-order valence-electron chi connectivity index (χ2n) is 2.62. The van der Waals surface area contributed by atoms with Crippen molar-refractivity contribution in [1.82, 2.24) is 0 Å². The van der Waals surface area contributed by atoms with Crippen LogP contribution in [0.2, 0.25) is 0 Å². The Hall–Kier alpha value is -0.570. The van der Waals surface area contributed by atoms with Gasteiger partial charge in [0.1, 0.15) is 7.11 Å². The van der Waals surface area contributed by atoms with Gasteiger partial charge in [-0.15, -0.1) is 0 Å². The lowest BCUT2D eigenvalue weighted by Crippen LogP contribution is -2.09. The zero-order valence-corrected chi connectivity index (χ0v) is 6.50. The van der Waals surface area contributed by atoms with Crippen molar-refractivity contribution >= 4 is 5.71 Å². The van der Waals surface area contributed by atoms with Gasteiger partial charge in [0.25, 0.3) is 0 Å². The number of hydrogen-bond donors (Lipinski definition) is 1. The topological polar surface area (TPSA) is 47.6 Å². The molecule has 0 amide bonds. The summed E-state index contributed by atoms with van der Waals surface area (Å²) in [5, 5.41) is 3.89. The molecule has 0 heterocycles. The van der Waals surface area contributed by atoms with Crippen molar-refractivity contribution < 1.29 is 4.84 Å². The van der Waals surface area contributed by atoms with E-state index in [1.165, 1.54) is 0 Å². The van der Waals surface area contributed by atoms with Gasteiger partial charge in [-0.05, 0) is 12.8 Å². The Labute approximate surface area is 61.2 Å². The lowest BCUT2D eigenvalue weighted by molar-refractivity contribution is 0.211. The van der Waals surface area contributed by atoms with Crippen LogP contribution in [0.4, 0.5) is 0 Å². The van der Waals surface area contributed by atoms with Gasteiger partial charge in [0, 0.05) is 12.0 Å². The van der Waals surface area contributed by atoms with Crippen LogP contribution in [-0.2, 0) is 4.84 Å². The number of hydrogen-bond acceptors (Lipinski definition) is 3. The molecule has 0 aliphatic heterocycles. The quantitative estimate of drug-likeness (QED) is 0.467. The highest BCUT2D eigenvalue weighted by Gasteiger charge is 2.37. The first-order valence-electron chi connectivity index (χ1n) is 3.65. The Kier molecular flexibility index (Phi) is 2.27. The smallest absolute Gasteiger partial charge is 0.106 e. The molecule has 1 rings (SSSR count). The molecule has 1 fully saturated rings. The summed E-state index contributed by atoms with van der Waals surface area (Å²) in [7, 11) is 1.57. The van der Waals surface area contributed by atoms with Crippen molar-refractivity contribution in [3.63, 3.8) is 0 Å². The molecule has 0 spiro atoms. The normalized spacial score (nSPS) is 32.1. The fourth-order valence-electron chi connectivity index (χ4n) is 1.11. The van der Waals surface area contributed by atoms with Gasteiger partial charge in [-0.2, -0.15) is 0 Å². The van der Waals surface area contributed by atoms with Crippen LogP contribution in [0.3, 0.4) is 0 Å². The predicted octanol–water partition coefficient (Wildman–Crippen LogP) is 0.746. The van der Waals surface area contributed by atoms with Crippen LogP contribution >= 0.6 is 0 Å². The third kappa shape index (κ3) is 1.48. The highest BCUT2D eigenvalue weighted by molar-refractivity contribution is 5.89.